The molecule has 4 rings (SSSR count). The van der Waals surface area contributed by atoms with Gasteiger partial charge in [-0.3, -0.25) is 4.79 Å². The van der Waals surface area contributed by atoms with Crippen molar-refractivity contribution in [2.45, 2.75) is 31.7 Å². The van der Waals surface area contributed by atoms with Crippen LogP contribution in [-0.4, -0.2) is 21.9 Å². The van der Waals surface area contributed by atoms with Gasteiger partial charge < -0.3 is 10.6 Å². The molecule has 6 nitrogen and oxygen atoms in total. The number of anilines is 2. The van der Waals surface area contributed by atoms with Crippen LogP contribution in [0, 0.1) is 11.3 Å². The summed E-state index contributed by atoms with van der Waals surface area (Å²) in [5.41, 5.74) is 2.30. The van der Waals surface area contributed by atoms with Crippen LogP contribution in [0.1, 0.15) is 41.7 Å². The monoisotopic (exact) mass is 383 g/mol. The van der Waals surface area contributed by atoms with Crippen molar-refractivity contribution >= 4 is 17.4 Å². The Labute approximate surface area is 169 Å². The van der Waals surface area contributed by atoms with Gasteiger partial charge in [-0.1, -0.05) is 43.2 Å². The summed E-state index contributed by atoms with van der Waals surface area (Å²) in [5, 5.41) is 15.2. The molecule has 1 fully saturated rings. The molecule has 1 amide bonds. The number of nitrogens with one attached hydrogen (secondary N) is 2. The van der Waals surface area contributed by atoms with E-state index in [0.29, 0.717) is 34.6 Å². The highest BCUT2D eigenvalue weighted by Crippen LogP contribution is 2.24. The number of carbonyl (C=O) groups is 1. The van der Waals surface area contributed by atoms with Gasteiger partial charge in [-0.2, -0.15) is 5.26 Å². The Morgan fingerprint density at radius 2 is 1.72 bits per heavy atom. The quantitative estimate of drug-likeness (QED) is 0.671. The smallest absolute Gasteiger partial charge is 0.274 e. The van der Waals surface area contributed by atoms with Gasteiger partial charge in [0.2, 0.25) is 0 Å². The molecular weight excluding hydrogens is 362 g/mol. The summed E-state index contributed by atoms with van der Waals surface area (Å²) in [4.78, 5) is 22.0. The van der Waals surface area contributed by atoms with Crippen molar-refractivity contribution in [2.24, 2.45) is 0 Å². The van der Waals surface area contributed by atoms with Crippen molar-refractivity contribution in [3.05, 3.63) is 71.9 Å². The van der Waals surface area contributed by atoms with Crippen LogP contribution in [-0.2, 0) is 0 Å². The molecule has 1 saturated carbocycles. The van der Waals surface area contributed by atoms with E-state index in [2.05, 4.69) is 26.7 Å². The first-order chi connectivity index (χ1) is 14.2. The van der Waals surface area contributed by atoms with Crippen LogP contribution in [0.15, 0.2) is 60.7 Å². The third kappa shape index (κ3) is 4.58. The topological polar surface area (TPSA) is 90.7 Å². The van der Waals surface area contributed by atoms with Gasteiger partial charge in [0.25, 0.3) is 5.91 Å². The average Bonchev–Trinajstić information content (AvgIpc) is 3.27. The highest BCUT2D eigenvalue weighted by Gasteiger charge is 2.18. The molecule has 2 aromatic carbocycles. The van der Waals surface area contributed by atoms with Gasteiger partial charge in [0, 0.05) is 23.4 Å². The molecule has 1 aliphatic carbocycles. The fourth-order valence-corrected chi connectivity index (χ4v) is 3.46. The van der Waals surface area contributed by atoms with Crippen molar-refractivity contribution in [1.29, 1.82) is 5.26 Å². The predicted molar refractivity (Wildman–Crippen MR) is 112 cm³/mol. The second kappa shape index (κ2) is 8.53. The van der Waals surface area contributed by atoms with Gasteiger partial charge in [-0.25, -0.2) is 9.97 Å². The summed E-state index contributed by atoms with van der Waals surface area (Å²) < 4.78 is 0. The predicted octanol–water partition coefficient (Wildman–Crippen LogP) is 4.62. The standard InChI is InChI=1S/C23H21N5O/c24-15-16-10-12-19(13-11-16)26-23(29)20-14-21(25-18-8-4-5-9-18)28-22(27-20)17-6-2-1-3-7-17/h1-3,6-7,10-14,18H,4-5,8-9H2,(H,26,29)(H,25,27,28). The molecule has 0 radical (unpaired) electrons. The second-order valence-corrected chi connectivity index (χ2v) is 7.10. The SMILES string of the molecule is N#Cc1ccc(NC(=O)c2cc(NC3CCCC3)nc(-c3ccccc3)n2)cc1. The van der Waals surface area contributed by atoms with Crippen LogP contribution in [0.4, 0.5) is 11.5 Å². The van der Waals surface area contributed by atoms with Gasteiger partial charge in [-0.05, 0) is 37.1 Å². The van der Waals surface area contributed by atoms with Gasteiger partial charge in [0.15, 0.2) is 5.82 Å². The molecule has 0 saturated heterocycles. The van der Waals surface area contributed by atoms with Crippen molar-refractivity contribution in [3.8, 4) is 17.5 Å². The Kier molecular flexibility index (Phi) is 5.48. The Balaban J connectivity index is 1.63. The zero-order valence-electron chi connectivity index (χ0n) is 15.9. The molecule has 0 spiro atoms. The number of amides is 1. The molecule has 0 bridgehead atoms. The van der Waals surface area contributed by atoms with E-state index in [4.69, 9.17) is 5.26 Å². The lowest BCUT2D eigenvalue weighted by Gasteiger charge is -2.15. The Morgan fingerprint density at radius 3 is 2.41 bits per heavy atom. The number of aromatic nitrogens is 2. The van der Waals surface area contributed by atoms with Crippen LogP contribution in [0.3, 0.4) is 0 Å². The summed E-state index contributed by atoms with van der Waals surface area (Å²) in [7, 11) is 0. The van der Waals surface area contributed by atoms with E-state index in [0.717, 1.165) is 18.4 Å². The van der Waals surface area contributed by atoms with Gasteiger partial charge in [0.05, 0.1) is 11.6 Å². The minimum Gasteiger partial charge on any atom is -0.367 e. The first kappa shape index (κ1) is 18.6. The molecule has 0 atom stereocenters. The molecule has 1 heterocycles. The zero-order valence-corrected chi connectivity index (χ0v) is 15.9. The molecule has 144 valence electrons. The summed E-state index contributed by atoms with van der Waals surface area (Å²) in [6.45, 7) is 0. The molecule has 0 aliphatic heterocycles. The van der Waals surface area contributed by atoms with E-state index < -0.39 is 0 Å². The fourth-order valence-electron chi connectivity index (χ4n) is 3.46. The van der Waals surface area contributed by atoms with Crippen molar-refractivity contribution < 1.29 is 4.79 Å². The first-order valence-corrected chi connectivity index (χ1v) is 9.74. The number of nitrogens with zero attached hydrogens (tertiary/aromatic N) is 3. The van der Waals surface area contributed by atoms with Crippen LogP contribution < -0.4 is 10.6 Å². The summed E-state index contributed by atoms with van der Waals surface area (Å²) in [6, 6.07) is 20.5. The maximum atomic E-state index is 12.8. The summed E-state index contributed by atoms with van der Waals surface area (Å²) in [6.07, 6.45) is 4.63. The first-order valence-electron chi connectivity index (χ1n) is 9.74. The van der Waals surface area contributed by atoms with E-state index >= 15 is 0 Å². The molecule has 0 unspecified atom stereocenters. The largest absolute Gasteiger partial charge is 0.367 e. The van der Waals surface area contributed by atoms with Crippen LogP contribution in [0.2, 0.25) is 0 Å². The van der Waals surface area contributed by atoms with Crippen molar-refractivity contribution in [1.82, 2.24) is 9.97 Å². The number of rotatable bonds is 5. The third-order valence-electron chi connectivity index (χ3n) is 4.97. The fraction of sp³-hybridized carbons (Fsp3) is 0.217. The van der Waals surface area contributed by atoms with Crippen LogP contribution in [0.25, 0.3) is 11.4 Å². The van der Waals surface area contributed by atoms with E-state index in [-0.39, 0.29) is 5.91 Å². The highest BCUT2D eigenvalue weighted by molar-refractivity contribution is 6.03. The minimum atomic E-state index is -0.316. The molecule has 3 aromatic rings. The normalized spacial score (nSPS) is 13.6. The zero-order chi connectivity index (χ0) is 20.1. The number of hydrogen-bond donors (Lipinski definition) is 2. The van der Waals surface area contributed by atoms with Crippen molar-refractivity contribution in [2.75, 3.05) is 10.6 Å². The van der Waals surface area contributed by atoms with Crippen LogP contribution in [0.5, 0.6) is 0 Å². The number of nitriles is 1. The molecule has 6 heteroatoms. The number of carbonyl (C=O) groups excluding carboxylic acids is 1. The Bertz CT molecular complexity index is 1040. The molecule has 29 heavy (non-hydrogen) atoms. The molecule has 1 aliphatic rings. The maximum absolute atomic E-state index is 12.8. The summed E-state index contributed by atoms with van der Waals surface area (Å²) in [5.74, 6) is 0.859. The number of hydrogen-bond acceptors (Lipinski definition) is 5. The molecule has 2 N–H and O–H groups in total. The van der Waals surface area contributed by atoms with E-state index in [1.807, 2.05) is 30.3 Å². The Morgan fingerprint density at radius 1 is 1.00 bits per heavy atom. The van der Waals surface area contributed by atoms with Crippen molar-refractivity contribution in [3.63, 3.8) is 0 Å². The second-order valence-electron chi connectivity index (χ2n) is 7.10. The third-order valence-corrected chi connectivity index (χ3v) is 4.97. The maximum Gasteiger partial charge on any atom is 0.274 e. The highest BCUT2D eigenvalue weighted by atomic mass is 16.1. The lowest BCUT2D eigenvalue weighted by Crippen LogP contribution is -2.19. The lowest BCUT2D eigenvalue weighted by atomic mass is 10.2. The molecule has 1 aromatic heterocycles. The molecular formula is C23H21N5O. The Hall–Kier alpha value is -3.72. The minimum absolute atomic E-state index is 0.295. The van der Waals surface area contributed by atoms with Gasteiger partial charge >= 0.3 is 0 Å². The number of benzene rings is 2. The van der Waals surface area contributed by atoms with E-state index in [1.165, 1.54) is 12.8 Å². The van der Waals surface area contributed by atoms with Gasteiger partial charge in [-0.15, -0.1) is 0 Å². The van der Waals surface area contributed by atoms with E-state index in [9.17, 15) is 4.79 Å². The lowest BCUT2D eigenvalue weighted by molar-refractivity contribution is 0.102. The van der Waals surface area contributed by atoms with Crippen LogP contribution >= 0.6 is 0 Å². The van der Waals surface area contributed by atoms with Gasteiger partial charge in [0.1, 0.15) is 11.5 Å². The van der Waals surface area contributed by atoms with E-state index in [1.54, 1.807) is 30.3 Å². The summed E-state index contributed by atoms with van der Waals surface area (Å²) >= 11 is 0. The average molecular weight is 383 g/mol.